The molecule has 4 N–H and O–H groups in total. The second-order valence-corrected chi connectivity index (χ2v) is 6.30. The number of aliphatic hydroxyl groups is 1. The zero-order valence-electron chi connectivity index (χ0n) is 16.4. The van der Waals surface area contributed by atoms with Gasteiger partial charge in [0.25, 0.3) is 5.91 Å². The molecule has 1 aromatic heterocycles. The highest BCUT2D eigenvalue weighted by molar-refractivity contribution is 5.93. The minimum Gasteiger partial charge on any atom is -0.508 e. The van der Waals surface area contributed by atoms with E-state index in [1.54, 1.807) is 19.1 Å². The van der Waals surface area contributed by atoms with Crippen molar-refractivity contribution >= 4 is 28.3 Å². The molecule has 1 amide bonds. The number of rotatable bonds is 8. The summed E-state index contributed by atoms with van der Waals surface area (Å²) in [6.45, 7) is 1.27. The Balaban J connectivity index is 1.94. The summed E-state index contributed by atoms with van der Waals surface area (Å²) in [7, 11) is 1.44. The summed E-state index contributed by atoms with van der Waals surface area (Å²) in [5.74, 6) is -0.0796. The van der Waals surface area contributed by atoms with Crippen molar-refractivity contribution in [3.63, 3.8) is 0 Å². The summed E-state index contributed by atoms with van der Waals surface area (Å²) in [5.41, 5.74) is 0.898. The third-order valence-electron chi connectivity index (χ3n) is 4.34. The minimum absolute atomic E-state index is 0.0509. The van der Waals surface area contributed by atoms with E-state index < -0.39 is 11.7 Å². The van der Waals surface area contributed by atoms with Crippen LogP contribution >= 0.6 is 0 Å². The second-order valence-electron chi connectivity index (χ2n) is 6.30. The number of hydrogen-bond donors (Lipinski definition) is 4. The number of halogens is 1. The SMILES string of the molecule is COc1cc2c(Nc3c(F)ccc(O)c3C)ncnc2cc1OCC(=O)NCCO. The van der Waals surface area contributed by atoms with Gasteiger partial charge in [-0.25, -0.2) is 14.4 Å². The molecular formula is C20H21FN4O5. The number of nitrogens with zero attached hydrogens (tertiary/aromatic N) is 2. The fourth-order valence-electron chi connectivity index (χ4n) is 2.77. The van der Waals surface area contributed by atoms with Gasteiger partial charge < -0.3 is 30.3 Å². The largest absolute Gasteiger partial charge is 0.508 e. The maximum Gasteiger partial charge on any atom is 0.258 e. The van der Waals surface area contributed by atoms with Crippen LogP contribution in [-0.2, 0) is 4.79 Å². The van der Waals surface area contributed by atoms with Gasteiger partial charge in [-0.2, -0.15) is 0 Å². The summed E-state index contributed by atoms with van der Waals surface area (Å²) < 4.78 is 25.1. The lowest BCUT2D eigenvalue weighted by molar-refractivity contribution is -0.123. The van der Waals surface area contributed by atoms with Crippen molar-refractivity contribution in [3.05, 3.63) is 42.0 Å². The highest BCUT2D eigenvalue weighted by Gasteiger charge is 2.16. The predicted molar refractivity (Wildman–Crippen MR) is 108 cm³/mol. The lowest BCUT2D eigenvalue weighted by Gasteiger charge is -2.15. The molecule has 0 bridgehead atoms. The molecule has 0 radical (unpaired) electrons. The smallest absolute Gasteiger partial charge is 0.258 e. The standard InChI is InChI=1S/C20H21FN4O5/c1-11-15(27)4-3-13(21)19(11)25-20-12-7-16(29-2)17(8-14(12)23-10-24-20)30-9-18(28)22-5-6-26/h3-4,7-8,10,26-27H,5-6,9H2,1-2H3,(H,22,28)(H,23,24,25). The van der Waals surface area contributed by atoms with Gasteiger partial charge in [-0.1, -0.05) is 0 Å². The Bertz CT molecular complexity index is 1080. The van der Waals surface area contributed by atoms with Crippen LogP contribution in [0.3, 0.4) is 0 Å². The number of fused-ring (bicyclic) bond motifs is 1. The molecule has 2 aromatic carbocycles. The number of benzene rings is 2. The van der Waals surface area contributed by atoms with Crippen LogP contribution in [0.5, 0.6) is 17.2 Å². The zero-order valence-corrected chi connectivity index (χ0v) is 16.4. The van der Waals surface area contributed by atoms with Crippen LogP contribution in [0.1, 0.15) is 5.56 Å². The predicted octanol–water partition coefficient (Wildman–Crippen LogP) is 2.02. The number of nitrogens with one attached hydrogen (secondary N) is 2. The van der Waals surface area contributed by atoms with E-state index in [4.69, 9.17) is 14.6 Å². The van der Waals surface area contributed by atoms with E-state index in [1.165, 1.54) is 19.5 Å². The fourth-order valence-corrected chi connectivity index (χ4v) is 2.77. The van der Waals surface area contributed by atoms with Gasteiger partial charge in [0.15, 0.2) is 18.1 Å². The van der Waals surface area contributed by atoms with Crippen LogP contribution in [0, 0.1) is 12.7 Å². The number of hydrogen-bond acceptors (Lipinski definition) is 8. The first-order chi connectivity index (χ1) is 14.4. The number of methoxy groups -OCH3 is 1. The highest BCUT2D eigenvalue weighted by atomic mass is 19.1. The molecule has 1 heterocycles. The molecule has 0 saturated carbocycles. The maximum absolute atomic E-state index is 14.3. The van der Waals surface area contributed by atoms with Crippen LogP contribution in [-0.4, -0.2) is 53.0 Å². The molecule has 0 aliphatic rings. The Morgan fingerprint density at radius 3 is 2.77 bits per heavy atom. The first-order valence-corrected chi connectivity index (χ1v) is 9.02. The van der Waals surface area contributed by atoms with Gasteiger partial charge in [0.05, 0.1) is 24.9 Å². The van der Waals surface area contributed by atoms with Crippen LogP contribution < -0.4 is 20.1 Å². The van der Waals surface area contributed by atoms with Crippen molar-refractivity contribution < 1.29 is 28.9 Å². The van der Waals surface area contributed by atoms with Gasteiger partial charge in [-0.15, -0.1) is 0 Å². The number of carbonyl (C=O) groups excluding carboxylic acids is 1. The molecule has 3 aromatic rings. The minimum atomic E-state index is -0.544. The van der Waals surface area contributed by atoms with Crippen molar-refractivity contribution in [2.45, 2.75) is 6.92 Å². The molecule has 0 spiro atoms. The number of phenols is 1. The summed E-state index contributed by atoms with van der Waals surface area (Å²) in [5, 5.41) is 24.5. The molecule has 0 saturated heterocycles. The highest BCUT2D eigenvalue weighted by Crippen LogP contribution is 2.36. The van der Waals surface area contributed by atoms with Crippen LogP contribution in [0.15, 0.2) is 30.6 Å². The second kappa shape index (κ2) is 9.23. The average Bonchev–Trinajstić information content (AvgIpc) is 2.75. The number of amides is 1. The number of carbonyl (C=O) groups is 1. The normalized spacial score (nSPS) is 10.7. The molecule has 0 aliphatic heterocycles. The van der Waals surface area contributed by atoms with E-state index in [-0.39, 0.29) is 36.9 Å². The molecule has 0 fully saturated rings. The average molecular weight is 416 g/mol. The quantitative estimate of drug-likeness (QED) is 0.439. The van der Waals surface area contributed by atoms with E-state index in [0.717, 1.165) is 6.07 Å². The lowest BCUT2D eigenvalue weighted by atomic mass is 10.1. The Hall–Kier alpha value is -3.66. The Morgan fingerprint density at radius 2 is 2.03 bits per heavy atom. The molecule has 3 rings (SSSR count). The number of aromatic hydroxyl groups is 1. The van der Waals surface area contributed by atoms with Crippen molar-refractivity contribution in [1.29, 1.82) is 0 Å². The Kier molecular flexibility index (Phi) is 6.48. The van der Waals surface area contributed by atoms with Gasteiger partial charge in [0.1, 0.15) is 23.7 Å². The van der Waals surface area contributed by atoms with E-state index >= 15 is 0 Å². The molecule has 9 nitrogen and oxygen atoms in total. The Morgan fingerprint density at radius 1 is 1.23 bits per heavy atom. The molecular weight excluding hydrogens is 395 g/mol. The number of phenolic OH excluding ortho intramolecular Hbond substituents is 1. The summed E-state index contributed by atoms with van der Waals surface area (Å²) in [6.07, 6.45) is 1.30. The molecule has 0 aliphatic carbocycles. The van der Waals surface area contributed by atoms with Gasteiger partial charge in [0.2, 0.25) is 0 Å². The van der Waals surface area contributed by atoms with E-state index in [1.807, 2.05) is 0 Å². The summed E-state index contributed by atoms with van der Waals surface area (Å²) in [6, 6.07) is 5.61. The van der Waals surface area contributed by atoms with Gasteiger partial charge in [0, 0.05) is 23.6 Å². The van der Waals surface area contributed by atoms with Gasteiger partial charge in [-0.3, -0.25) is 4.79 Å². The van der Waals surface area contributed by atoms with Crippen LogP contribution in [0.4, 0.5) is 15.9 Å². The third-order valence-corrected chi connectivity index (χ3v) is 4.34. The van der Waals surface area contributed by atoms with Crippen LogP contribution in [0.2, 0.25) is 0 Å². The first kappa shape index (κ1) is 21.1. The number of anilines is 2. The molecule has 30 heavy (non-hydrogen) atoms. The lowest BCUT2D eigenvalue weighted by Crippen LogP contribution is -2.31. The summed E-state index contributed by atoms with van der Waals surface area (Å²) in [4.78, 5) is 20.1. The molecule has 10 heteroatoms. The van der Waals surface area contributed by atoms with Crippen molar-refractivity contribution in [3.8, 4) is 17.2 Å². The number of ether oxygens (including phenoxy) is 2. The fraction of sp³-hybridized carbons (Fsp3) is 0.250. The zero-order chi connectivity index (χ0) is 21.7. The molecule has 158 valence electrons. The number of aromatic nitrogens is 2. The monoisotopic (exact) mass is 416 g/mol. The van der Waals surface area contributed by atoms with Crippen molar-refractivity contribution in [2.75, 3.05) is 32.2 Å². The van der Waals surface area contributed by atoms with E-state index in [2.05, 4.69) is 20.6 Å². The summed E-state index contributed by atoms with van der Waals surface area (Å²) >= 11 is 0. The van der Waals surface area contributed by atoms with Gasteiger partial charge in [-0.05, 0) is 25.1 Å². The van der Waals surface area contributed by atoms with E-state index in [0.29, 0.717) is 28.0 Å². The number of aliphatic hydroxyl groups excluding tert-OH is 1. The van der Waals surface area contributed by atoms with Crippen LogP contribution in [0.25, 0.3) is 10.9 Å². The molecule has 0 unspecified atom stereocenters. The molecule has 0 atom stereocenters. The first-order valence-electron chi connectivity index (χ1n) is 9.02. The van der Waals surface area contributed by atoms with Crippen molar-refractivity contribution in [2.24, 2.45) is 0 Å². The third kappa shape index (κ3) is 4.49. The van der Waals surface area contributed by atoms with Crippen molar-refractivity contribution in [1.82, 2.24) is 15.3 Å². The topological polar surface area (TPSA) is 126 Å². The Labute approximate surface area is 171 Å². The van der Waals surface area contributed by atoms with E-state index in [9.17, 15) is 14.3 Å². The van der Waals surface area contributed by atoms with Gasteiger partial charge >= 0.3 is 0 Å². The maximum atomic E-state index is 14.3.